The summed E-state index contributed by atoms with van der Waals surface area (Å²) in [4.78, 5) is 28.0. The van der Waals surface area contributed by atoms with Gasteiger partial charge in [-0.15, -0.1) is 0 Å². The lowest BCUT2D eigenvalue weighted by Crippen LogP contribution is -2.33. The average Bonchev–Trinajstić information content (AvgIpc) is 3.23. The molecule has 0 saturated heterocycles. The molecule has 0 fully saturated rings. The van der Waals surface area contributed by atoms with Crippen LogP contribution >= 0.6 is 0 Å². The van der Waals surface area contributed by atoms with Gasteiger partial charge in [0.1, 0.15) is 5.52 Å². The number of benzene rings is 2. The van der Waals surface area contributed by atoms with E-state index in [4.69, 9.17) is 0 Å². The van der Waals surface area contributed by atoms with Crippen LogP contribution < -0.4 is 10.9 Å². The number of hydrogen-bond acceptors (Lipinski definition) is 3. The van der Waals surface area contributed by atoms with Gasteiger partial charge in [0.2, 0.25) is 0 Å². The lowest BCUT2D eigenvalue weighted by atomic mass is 10.1. The molecular formula is C25H28N4O2. The predicted molar refractivity (Wildman–Crippen MR) is 125 cm³/mol. The van der Waals surface area contributed by atoms with E-state index in [1.165, 1.54) is 0 Å². The smallest absolute Gasteiger partial charge is 0.275 e. The van der Waals surface area contributed by atoms with Gasteiger partial charge in [0.25, 0.3) is 11.5 Å². The summed E-state index contributed by atoms with van der Waals surface area (Å²) in [5, 5.41) is 3.06. The molecule has 0 aliphatic rings. The Kier molecular flexibility index (Phi) is 5.65. The van der Waals surface area contributed by atoms with Crippen LogP contribution in [0.2, 0.25) is 0 Å². The Morgan fingerprint density at radius 2 is 1.74 bits per heavy atom. The summed E-state index contributed by atoms with van der Waals surface area (Å²) in [6.45, 7) is 5.90. The zero-order valence-electron chi connectivity index (χ0n) is 18.5. The molecule has 2 aromatic heterocycles. The zero-order valence-corrected chi connectivity index (χ0v) is 18.5. The van der Waals surface area contributed by atoms with Crippen molar-refractivity contribution >= 4 is 22.5 Å². The van der Waals surface area contributed by atoms with Crippen molar-refractivity contribution < 1.29 is 4.79 Å². The van der Waals surface area contributed by atoms with Gasteiger partial charge in [0, 0.05) is 31.9 Å². The van der Waals surface area contributed by atoms with Gasteiger partial charge in [0.15, 0.2) is 0 Å². The minimum absolute atomic E-state index is 0.0600. The number of carbonyl (C=O) groups excluding carboxylic acids is 1. The molecule has 0 bridgehead atoms. The summed E-state index contributed by atoms with van der Waals surface area (Å²) in [5.41, 5.74) is 6.19. The van der Waals surface area contributed by atoms with Gasteiger partial charge >= 0.3 is 0 Å². The van der Waals surface area contributed by atoms with Crippen LogP contribution in [0.4, 0.5) is 0 Å². The number of fused-ring (bicyclic) bond motifs is 3. The first-order valence-corrected chi connectivity index (χ1v) is 10.5. The van der Waals surface area contributed by atoms with Crippen LogP contribution in [-0.4, -0.2) is 47.0 Å². The highest BCUT2D eigenvalue weighted by Crippen LogP contribution is 2.20. The Morgan fingerprint density at radius 1 is 1.00 bits per heavy atom. The molecule has 6 nitrogen and oxygen atoms in total. The highest BCUT2D eigenvalue weighted by atomic mass is 16.2. The van der Waals surface area contributed by atoms with Crippen LogP contribution in [0.5, 0.6) is 0 Å². The van der Waals surface area contributed by atoms with E-state index in [9.17, 15) is 9.59 Å². The number of likely N-dealkylation sites (N-methyl/N-ethyl adjacent to an activating group) is 2. The van der Waals surface area contributed by atoms with Crippen LogP contribution in [-0.2, 0) is 6.54 Å². The molecule has 0 saturated carbocycles. The molecule has 0 aliphatic heterocycles. The fourth-order valence-electron chi connectivity index (χ4n) is 4.19. The minimum Gasteiger partial charge on any atom is -0.340 e. The Balaban J connectivity index is 1.88. The maximum absolute atomic E-state index is 13.4. The lowest BCUT2D eigenvalue weighted by Gasteiger charge is -2.18. The third kappa shape index (κ3) is 3.99. The normalized spacial score (nSPS) is 11.4. The van der Waals surface area contributed by atoms with Gasteiger partial charge in [-0.3, -0.25) is 9.59 Å². The van der Waals surface area contributed by atoms with E-state index in [-0.39, 0.29) is 11.5 Å². The van der Waals surface area contributed by atoms with Crippen LogP contribution in [0, 0.1) is 13.8 Å². The van der Waals surface area contributed by atoms with Crippen molar-refractivity contribution in [3.63, 3.8) is 0 Å². The van der Waals surface area contributed by atoms with Crippen molar-refractivity contribution in [2.75, 3.05) is 27.2 Å². The largest absolute Gasteiger partial charge is 0.340 e. The molecule has 0 spiro atoms. The number of carbonyl (C=O) groups is 1. The molecule has 2 heterocycles. The third-order valence-electron chi connectivity index (χ3n) is 5.65. The molecule has 31 heavy (non-hydrogen) atoms. The van der Waals surface area contributed by atoms with Gasteiger partial charge in [-0.1, -0.05) is 29.3 Å². The Labute approximate surface area is 181 Å². The Bertz CT molecular complexity index is 1310. The first-order chi connectivity index (χ1) is 14.9. The zero-order chi connectivity index (χ0) is 22.1. The maximum Gasteiger partial charge on any atom is 0.275 e. The summed E-state index contributed by atoms with van der Waals surface area (Å²) < 4.78 is 3.68. The summed E-state index contributed by atoms with van der Waals surface area (Å²) in [5.74, 6) is -0.0600. The van der Waals surface area contributed by atoms with Gasteiger partial charge in [-0.25, -0.2) is 0 Å². The number of hydrogen-bond donors (Lipinski definition) is 1. The first kappa shape index (κ1) is 20.9. The molecular weight excluding hydrogens is 388 g/mol. The molecule has 2 aromatic carbocycles. The van der Waals surface area contributed by atoms with E-state index in [0.717, 1.165) is 34.3 Å². The summed E-state index contributed by atoms with van der Waals surface area (Å²) in [6.07, 6.45) is 1.89. The van der Waals surface area contributed by atoms with Crippen molar-refractivity contribution in [1.29, 1.82) is 0 Å². The second-order valence-electron chi connectivity index (χ2n) is 8.18. The van der Waals surface area contributed by atoms with E-state index in [1.54, 1.807) is 16.5 Å². The van der Waals surface area contributed by atoms with Gasteiger partial charge in [-0.05, 0) is 56.8 Å². The number of aromatic nitrogens is 2. The maximum atomic E-state index is 13.4. The van der Waals surface area contributed by atoms with Gasteiger partial charge in [0.05, 0.1) is 17.6 Å². The summed E-state index contributed by atoms with van der Waals surface area (Å²) in [7, 11) is 3.66. The van der Waals surface area contributed by atoms with Crippen molar-refractivity contribution in [2.24, 2.45) is 0 Å². The molecule has 160 valence electrons. The fourth-order valence-corrected chi connectivity index (χ4v) is 4.19. The second kappa shape index (κ2) is 8.40. The number of amides is 1. The topological polar surface area (TPSA) is 58.8 Å². The predicted octanol–water partition coefficient (Wildman–Crippen LogP) is 3.21. The van der Waals surface area contributed by atoms with Crippen LogP contribution in [0.25, 0.3) is 16.6 Å². The van der Waals surface area contributed by atoms with E-state index < -0.39 is 0 Å². The fraction of sp³-hybridized carbons (Fsp3) is 0.280. The number of nitrogens with one attached hydrogen (secondary N) is 1. The van der Waals surface area contributed by atoms with Crippen molar-refractivity contribution in [2.45, 2.75) is 20.4 Å². The number of aryl methyl sites for hydroxylation is 2. The minimum atomic E-state index is -0.0650. The standard InChI is InChI=1S/C25H28N4O2/c1-17-12-18(2)14-19(13-17)16-29-23-15-20(24(30)27(4)11-9-26-3)7-8-21(23)28-10-5-6-22(28)25(29)31/h5-8,10,12-15,26H,9,11,16H2,1-4H3. The number of nitrogens with zero attached hydrogens (tertiary/aromatic N) is 3. The molecule has 1 N–H and O–H groups in total. The molecule has 4 aromatic rings. The molecule has 0 unspecified atom stereocenters. The SMILES string of the molecule is CNCCN(C)C(=O)c1ccc2c(c1)n(Cc1cc(C)cc(C)c1)c(=O)c1cccn12. The van der Waals surface area contributed by atoms with Gasteiger partial charge in [-0.2, -0.15) is 0 Å². The van der Waals surface area contributed by atoms with E-state index in [0.29, 0.717) is 24.2 Å². The number of rotatable bonds is 6. The molecule has 1 amide bonds. The van der Waals surface area contributed by atoms with Crippen molar-refractivity contribution in [1.82, 2.24) is 19.2 Å². The molecule has 6 heteroatoms. The lowest BCUT2D eigenvalue weighted by molar-refractivity contribution is 0.0797. The molecule has 0 aliphatic carbocycles. The van der Waals surface area contributed by atoms with Crippen molar-refractivity contribution in [3.8, 4) is 0 Å². The second-order valence-corrected chi connectivity index (χ2v) is 8.18. The summed E-state index contributed by atoms with van der Waals surface area (Å²) in [6, 6.07) is 15.7. The monoisotopic (exact) mass is 416 g/mol. The Morgan fingerprint density at radius 3 is 2.45 bits per heavy atom. The highest BCUT2D eigenvalue weighted by Gasteiger charge is 2.16. The highest BCUT2D eigenvalue weighted by molar-refractivity contribution is 5.97. The first-order valence-electron chi connectivity index (χ1n) is 10.5. The van der Waals surface area contributed by atoms with E-state index >= 15 is 0 Å². The molecule has 0 atom stereocenters. The third-order valence-corrected chi connectivity index (χ3v) is 5.65. The molecule has 4 rings (SSSR count). The molecule has 0 radical (unpaired) electrons. The quantitative estimate of drug-likeness (QED) is 0.525. The Hall–Kier alpha value is -3.38. The average molecular weight is 417 g/mol. The van der Waals surface area contributed by atoms with Crippen LogP contribution in [0.15, 0.2) is 59.5 Å². The van der Waals surface area contributed by atoms with Crippen molar-refractivity contribution in [3.05, 3.63) is 87.3 Å². The van der Waals surface area contributed by atoms with E-state index in [2.05, 4.69) is 37.4 Å². The van der Waals surface area contributed by atoms with Gasteiger partial charge < -0.3 is 19.2 Å². The van der Waals surface area contributed by atoms with Crippen LogP contribution in [0.1, 0.15) is 27.0 Å². The van der Waals surface area contributed by atoms with Crippen LogP contribution in [0.3, 0.4) is 0 Å². The van der Waals surface area contributed by atoms with E-state index in [1.807, 2.05) is 48.0 Å². The summed E-state index contributed by atoms with van der Waals surface area (Å²) >= 11 is 0.